The topological polar surface area (TPSA) is 64.4 Å². The minimum atomic E-state index is -0.320. The Morgan fingerprint density at radius 2 is 2.30 bits per heavy atom. The van der Waals surface area contributed by atoms with E-state index in [9.17, 15) is 9.59 Å². The lowest BCUT2D eigenvalue weighted by Gasteiger charge is -2.39. The summed E-state index contributed by atoms with van der Waals surface area (Å²) in [6, 6.07) is -0.281. The SMILES string of the molecule is CCCN1C(=O)CC[C@H](C(=O)OC)[C@@H]1c1cncn1C. The molecule has 1 aromatic heterocycles. The van der Waals surface area contributed by atoms with Crippen LogP contribution in [-0.2, 0) is 21.4 Å². The van der Waals surface area contributed by atoms with E-state index >= 15 is 0 Å². The molecular weight excluding hydrogens is 258 g/mol. The third kappa shape index (κ3) is 2.55. The highest BCUT2D eigenvalue weighted by Gasteiger charge is 2.42. The maximum atomic E-state index is 12.2. The highest BCUT2D eigenvalue weighted by molar-refractivity contribution is 5.82. The molecule has 0 aromatic carbocycles. The second-order valence-corrected chi connectivity index (χ2v) is 5.13. The van der Waals surface area contributed by atoms with Crippen LogP contribution in [0.15, 0.2) is 12.5 Å². The van der Waals surface area contributed by atoms with E-state index in [1.54, 1.807) is 17.4 Å². The Morgan fingerprint density at radius 1 is 1.55 bits per heavy atom. The number of esters is 1. The fraction of sp³-hybridized carbons (Fsp3) is 0.643. The van der Waals surface area contributed by atoms with E-state index in [4.69, 9.17) is 4.74 Å². The van der Waals surface area contributed by atoms with Crippen molar-refractivity contribution in [1.29, 1.82) is 0 Å². The normalized spacial score (nSPS) is 22.9. The second kappa shape index (κ2) is 6.07. The summed E-state index contributed by atoms with van der Waals surface area (Å²) < 4.78 is 6.78. The van der Waals surface area contributed by atoms with E-state index < -0.39 is 0 Å². The minimum Gasteiger partial charge on any atom is -0.469 e. The molecule has 6 nitrogen and oxygen atoms in total. The van der Waals surface area contributed by atoms with Crippen molar-refractivity contribution in [2.75, 3.05) is 13.7 Å². The molecule has 1 saturated heterocycles. The van der Waals surface area contributed by atoms with Crippen molar-refractivity contribution in [3.8, 4) is 0 Å². The number of imidazole rings is 1. The molecule has 2 heterocycles. The molecular formula is C14H21N3O3. The first kappa shape index (κ1) is 14.6. The average molecular weight is 279 g/mol. The number of hydrogen-bond donors (Lipinski definition) is 0. The van der Waals surface area contributed by atoms with Gasteiger partial charge in [-0.2, -0.15) is 0 Å². The number of aromatic nitrogens is 2. The predicted octanol–water partition coefficient (Wildman–Crippen LogP) is 1.28. The zero-order valence-corrected chi connectivity index (χ0v) is 12.2. The van der Waals surface area contributed by atoms with Crippen LogP contribution < -0.4 is 0 Å². The van der Waals surface area contributed by atoms with Gasteiger partial charge in [0.15, 0.2) is 0 Å². The molecule has 0 aliphatic carbocycles. The summed E-state index contributed by atoms with van der Waals surface area (Å²) in [5.74, 6) is -0.484. The van der Waals surface area contributed by atoms with Gasteiger partial charge < -0.3 is 14.2 Å². The Bertz CT molecular complexity index is 488. The first-order chi connectivity index (χ1) is 9.60. The molecule has 2 atom stereocenters. The molecule has 0 saturated carbocycles. The Morgan fingerprint density at radius 3 is 2.85 bits per heavy atom. The summed E-state index contributed by atoms with van der Waals surface area (Å²) >= 11 is 0. The quantitative estimate of drug-likeness (QED) is 0.779. The Labute approximate surface area is 118 Å². The number of methoxy groups -OCH3 is 1. The first-order valence-corrected chi connectivity index (χ1v) is 6.93. The zero-order chi connectivity index (χ0) is 14.7. The van der Waals surface area contributed by atoms with Crippen LogP contribution in [0.4, 0.5) is 0 Å². The van der Waals surface area contributed by atoms with Gasteiger partial charge in [-0.25, -0.2) is 4.98 Å². The van der Waals surface area contributed by atoms with Crippen molar-refractivity contribution in [3.63, 3.8) is 0 Å². The van der Waals surface area contributed by atoms with Gasteiger partial charge in [-0.3, -0.25) is 9.59 Å². The number of piperidine rings is 1. The zero-order valence-electron chi connectivity index (χ0n) is 12.2. The molecule has 110 valence electrons. The monoisotopic (exact) mass is 279 g/mol. The van der Waals surface area contributed by atoms with Crippen molar-refractivity contribution in [1.82, 2.24) is 14.5 Å². The number of amides is 1. The van der Waals surface area contributed by atoms with Crippen LogP contribution in [0, 0.1) is 5.92 Å². The minimum absolute atomic E-state index is 0.0956. The number of carbonyl (C=O) groups is 2. The molecule has 1 fully saturated rings. The number of nitrogens with zero attached hydrogens (tertiary/aromatic N) is 3. The fourth-order valence-corrected chi connectivity index (χ4v) is 2.87. The number of hydrogen-bond acceptors (Lipinski definition) is 4. The lowest BCUT2D eigenvalue weighted by molar-refractivity contribution is -0.155. The first-order valence-electron chi connectivity index (χ1n) is 6.93. The largest absolute Gasteiger partial charge is 0.469 e. The van der Waals surface area contributed by atoms with Crippen LogP contribution in [-0.4, -0.2) is 40.0 Å². The fourth-order valence-electron chi connectivity index (χ4n) is 2.87. The van der Waals surface area contributed by atoms with Crippen molar-refractivity contribution < 1.29 is 14.3 Å². The molecule has 0 spiro atoms. The number of carbonyl (C=O) groups excluding carboxylic acids is 2. The van der Waals surface area contributed by atoms with E-state index in [0.717, 1.165) is 12.1 Å². The second-order valence-electron chi connectivity index (χ2n) is 5.13. The Balaban J connectivity index is 2.40. The number of rotatable bonds is 4. The number of likely N-dealkylation sites (tertiary alicyclic amines) is 1. The molecule has 20 heavy (non-hydrogen) atoms. The van der Waals surface area contributed by atoms with E-state index in [1.807, 2.05) is 18.5 Å². The molecule has 1 aliphatic rings. The summed E-state index contributed by atoms with van der Waals surface area (Å²) in [5, 5.41) is 0. The molecule has 0 bridgehead atoms. The molecule has 1 aromatic rings. The lowest BCUT2D eigenvalue weighted by atomic mass is 9.86. The van der Waals surface area contributed by atoms with Gasteiger partial charge in [-0.05, 0) is 12.8 Å². The molecule has 0 unspecified atom stereocenters. The van der Waals surface area contributed by atoms with Gasteiger partial charge in [0.1, 0.15) is 0 Å². The van der Waals surface area contributed by atoms with Crippen LogP contribution in [0.2, 0.25) is 0 Å². The van der Waals surface area contributed by atoms with E-state index in [1.165, 1.54) is 7.11 Å². The van der Waals surface area contributed by atoms with Crippen LogP contribution in [0.5, 0.6) is 0 Å². The maximum absolute atomic E-state index is 12.2. The third-order valence-corrected chi connectivity index (χ3v) is 3.83. The van der Waals surface area contributed by atoms with Crippen LogP contribution in [0.25, 0.3) is 0 Å². The van der Waals surface area contributed by atoms with Gasteiger partial charge in [0.05, 0.1) is 37.3 Å². The molecule has 1 aliphatic heterocycles. The maximum Gasteiger partial charge on any atom is 0.311 e. The Kier molecular flexibility index (Phi) is 4.42. The van der Waals surface area contributed by atoms with Gasteiger partial charge in [0.25, 0.3) is 0 Å². The third-order valence-electron chi connectivity index (χ3n) is 3.83. The van der Waals surface area contributed by atoms with Crippen molar-refractivity contribution in [2.45, 2.75) is 32.2 Å². The number of ether oxygens (including phenoxy) is 1. The molecule has 1 amide bonds. The smallest absolute Gasteiger partial charge is 0.311 e. The van der Waals surface area contributed by atoms with Gasteiger partial charge in [-0.1, -0.05) is 6.92 Å². The summed E-state index contributed by atoms with van der Waals surface area (Å²) in [6.45, 7) is 2.66. The van der Waals surface area contributed by atoms with E-state index in [-0.39, 0.29) is 23.8 Å². The molecule has 2 rings (SSSR count). The average Bonchev–Trinajstić information content (AvgIpc) is 2.86. The van der Waals surface area contributed by atoms with Crippen LogP contribution in [0.3, 0.4) is 0 Å². The van der Waals surface area contributed by atoms with Gasteiger partial charge >= 0.3 is 5.97 Å². The van der Waals surface area contributed by atoms with Crippen LogP contribution in [0.1, 0.15) is 37.9 Å². The van der Waals surface area contributed by atoms with E-state index in [2.05, 4.69) is 4.98 Å². The van der Waals surface area contributed by atoms with E-state index in [0.29, 0.717) is 19.4 Å². The predicted molar refractivity (Wildman–Crippen MR) is 72.7 cm³/mol. The summed E-state index contributed by atoms with van der Waals surface area (Å²) in [6.07, 6.45) is 5.19. The highest BCUT2D eigenvalue weighted by atomic mass is 16.5. The van der Waals surface area contributed by atoms with Crippen molar-refractivity contribution in [2.24, 2.45) is 13.0 Å². The molecule has 0 radical (unpaired) electrons. The molecule has 6 heteroatoms. The summed E-state index contributed by atoms with van der Waals surface area (Å²) in [4.78, 5) is 30.2. The molecule has 0 N–H and O–H groups in total. The Hall–Kier alpha value is -1.85. The summed E-state index contributed by atoms with van der Waals surface area (Å²) in [5.41, 5.74) is 0.877. The number of aryl methyl sites for hydroxylation is 1. The highest BCUT2D eigenvalue weighted by Crippen LogP contribution is 2.37. The lowest BCUT2D eigenvalue weighted by Crippen LogP contribution is -2.46. The standard InChI is InChI=1S/C14H21N3O3/c1-4-7-17-12(18)6-5-10(14(19)20-3)13(17)11-8-15-9-16(11)2/h8-10,13H,4-7H2,1-3H3/t10-,13+/m0/s1. The van der Waals surface area contributed by atoms with Gasteiger partial charge in [0.2, 0.25) is 5.91 Å². The van der Waals surface area contributed by atoms with Crippen molar-refractivity contribution in [3.05, 3.63) is 18.2 Å². The van der Waals surface area contributed by atoms with Crippen LogP contribution >= 0.6 is 0 Å². The summed E-state index contributed by atoms with van der Waals surface area (Å²) in [7, 11) is 3.27. The van der Waals surface area contributed by atoms with Gasteiger partial charge in [0, 0.05) is 20.0 Å². The van der Waals surface area contributed by atoms with Crippen molar-refractivity contribution >= 4 is 11.9 Å². The van der Waals surface area contributed by atoms with Gasteiger partial charge in [-0.15, -0.1) is 0 Å².